The summed E-state index contributed by atoms with van der Waals surface area (Å²) in [5.74, 6) is 0.205. The van der Waals surface area contributed by atoms with Gasteiger partial charge in [0.15, 0.2) is 0 Å². The molecule has 21 heavy (non-hydrogen) atoms. The molecular weight excluding hydrogens is 313 g/mol. The Morgan fingerprint density at radius 1 is 1.43 bits per heavy atom. The van der Waals surface area contributed by atoms with Crippen molar-refractivity contribution < 1.29 is 9.32 Å². The molecule has 118 valence electrons. The Hall–Kier alpha value is -0.780. The zero-order valence-corrected chi connectivity index (χ0v) is 13.7. The van der Waals surface area contributed by atoms with Gasteiger partial charge in [0.25, 0.3) is 0 Å². The molecule has 2 unspecified atom stereocenters. The van der Waals surface area contributed by atoms with E-state index in [0.29, 0.717) is 30.1 Å². The van der Waals surface area contributed by atoms with Crippen LogP contribution in [0.4, 0.5) is 0 Å². The van der Waals surface area contributed by atoms with Gasteiger partial charge < -0.3 is 14.7 Å². The van der Waals surface area contributed by atoms with Crippen LogP contribution in [0, 0.1) is 6.92 Å². The van der Waals surface area contributed by atoms with Crippen molar-refractivity contribution in [1.82, 2.24) is 15.4 Å². The number of likely N-dealkylation sites (tertiary alicyclic amines) is 1. The lowest BCUT2D eigenvalue weighted by Gasteiger charge is -2.24. The molecule has 2 saturated heterocycles. The summed E-state index contributed by atoms with van der Waals surface area (Å²) in [5, 5.41) is 7.71. The van der Waals surface area contributed by atoms with E-state index in [4.69, 9.17) is 16.1 Å². The van der Waals surface area contributed by atoms with Gasteiger partial charge in [-0.3, -0.25) is 4.79 Å². The molecule has 5 nitrogen and oxygen atoms in total. The molecule has 7 heteroatoms. The SMILES string of the molecule is Cc1noc(Cl)c1CCC(=O)N1CCC2CCC(C1)N2.Cl. The van der Waals surface area contributed by atoms with Gasteiger partial charge in [0.2, 0.25) is 11.1 Å². The first-order valence-electron chi connectivity index (χ1n) is 7.28. The fourth-order valence-electron chi connectivity index (χ4n) is 3.20. The summed E-state index contributed by atoms with van der Waals surface area (Å²) >= 11 is 5.93. The first-order valence-corrected chi connectivity index (χ1v) is 7.65. The molecule has 2 bridgehead atoms. The van der Waals surface area contributed by atoms with E-state index in [1.165, 1.54) is 12.8 Å². The zero-order valence-electron chi connectivity index (χ0n) is 12.1. The minimum atomic E-state index is 0. The maximum atomic E-state index is 12.3. The van der Waals surface area contributed by atoms with Crippen LogP contribution < -0.4 is 5.32 Å². The number of nitrogens with zero attached hydrogens (tertiary/aromatic N) is 2. The van der Waals surface area contributed by atoms with E-state index in [1.807, 2.05) is 11.8 Å². The van der Waals surface area contributed by atoms with Crippen LogP contribution in [0.15, 0.2) is 4.52 Å². The molecule has 0 aromatic carbocycles. The Morgan fingerprint density at radius 2 is 2.19 bits per heavy atom. The lowest BCUT2D eigenvalue weighted by molar-refractivity contribution is -0.131. The van der Waals surface area contributed by atoms with Crippen molar-refractivity contribution in [2.75, 3.05) is 13.1 Å². The van der Waals surface area contributed by atoms with Crippen molar-refractivity contribution in [2.45, 2.75) is 51.1 Å². The molecule has 1 aromatic heterocycles. The molecule has 0 spiro atoms. The number of carbonyl (C=O) groups excluding carboxylic acids is 1. The molecule has 1 N–H and O–H groups in total. The van der Waals surface area contributed by atoms with Crippen LogP contribution in [0.3, 0.4) is 0 Å². The third kappa shape index (κ3) is 3.71. The summed E-state index contributed by atoms with van der Waals surface area (Å²) in [7, 11) is 0. The van der Waals surface area contributed by atoms with Crippen molar-refractivity contribution in [2.24, 2.45) is 0 Å². The Kier molecular flexibility index (Phi) is 5.52. The maximum absolute atomic E-state index is 12.3. The summed E-state index contributed by atoms with van der Waals surface area (Å²) in [6.45, 7) is 3.55. The molecule has 2 fully saturated rings. The highest BCUT2D eigenvalue weighted by molar-refractivity contribution is 6.29. The number of hydrogen-bond acceptors (Lipinski definition) is 4. The fourth-order valence-corrected chi connectivity index (χ4v) is 3.47. The van der Waals surface area contributed by atoms with E-state index < -0.39 is 0 Å². The normalized spacial score (nSPS) is 24.6. The molecule has 3 heterocycles. The van der Waals surface area contributed by atoms with Crippen molar-refractivity contribution in [1.29, 1.82) is 0 Å². The second-order valence-electron chi connectivity index (χ2n) is 5.79. The molecule has 3 rings (SSSR count). The predicted molar refractivity (Wildman–Crippen MR) is 83.0 cm³/mol. The quantitative estimate of drug-likeness (QED) is 0.922. The Morgan fingerprint density at radius 3 is 2.90 bits per heavy atom. The highest BCUT2D eigenvalue weighted by Gasteiger charge is 2.31. The van der Waals surface area contributed by atoms with E-state index in [2.05, 4.69) is 10.5 Å². The summed E-state index contributed by atoms with van der Waals surface area (Å²) in [5.41, 5.74) is 1.63. The first-order chi connectivity index (χ1) is 9.63. The first kappa shape index (κ1) is 16.6. The van der Waals surface area contributed by atoms with Crippen molar-refractivity contribution >= 4 is 29.9 Å². The van der Waals surface area contributed by atoms with E-state index in [1.54, 1.807) is 0 Å². The van der Waals surface area contributed by atoms with Gasteiger partial charge in [0.1, 0.15) is 0 Å². The van der Waals surface area contributed by atoms with Crippen LogP contribution in [0.5, 0.6) is 0 Å². The molecule has 0 saturated carbocycles. The molecule has 2 aliphatic heterocycles. The number of carbonyl (C=O) groups is 1. The molecule has 2 aliphatic rings. The average molecular weight is 334 g/mol. The monoisotopic (exact) mass is 333 g/mol. The van der Waals surface area contributed by atoms with Gasteiger partial charge in [-0.2, -0.15) is 0 Å². The molecule has 1 aromatic rings. The van der Waals surface area contributed by atoms with Crippen LogP contribution in [0.25, 0.3) is 0 Å². The summed E-state index contributed by atoms with van der Waals surface area (Å²) in [4.78, 5) is 14.3. The summed E-state index contributed by atoms with van der Waals surface area (Å²) < 4.78 is 4.91. The number of aromatic nitrogens is 1. The van der Waals surface area contributed by atoms with Crippen LogP contribution >= 0.6 is 24.0 Å². The Bertz CT molecular complexity index is 487. The minimum absolute atomic E-state index is 0. The van der Waals surface area contributed by atoms with Crippen LogP contribution in [0.2, 0.25) is 5.22 Å². The highest BCUT2D eigenvalue weighted by Crippen LogP contribution is 2.23. The molecular formula is C14H21Cl2N3O2. The lowest BCUT2D eigenvalue weighted by atomic mass is 10.1. The Labute approximate surface area is 135 Å². The van der Waals surface area contributed by atoms with Crippen LogP contribution in [-0.2, 0) is 11.2 Å². The second kappa shape index (κ2) is 6.99. The predicted octanol–water partition coefficient (Wildman–Crippen LogP) is 2.34. The minimum Gasteiger partial charge on any atom is -0.344 e. The second-order valence-corrected chi connectivity index (χ2v) is 6.13. The van der Waals surface area contributed by atoms with Crippen molar-refractivity contribution in [3.05, 3.63) is 16.5 Å². The fraction of sp³-hybridized carbons (Fsp3) is 0.714. The number of aryl methyl sites for hydroxylation is 1. The topological polar surface area (TPSA) is 58.4 Å². The third-order valence-corrected chi connectivity index (χ3v) is 4.70. The van der Waals surface area contributed by atoms with E-state index in [9.17, 15) is 4.79 Å². The molecule has 1 amide bonds. The van der Waals surface area contributed by atoms with Gasteiger partial charge in [-0.15, -0.1) is 12.4 Å². The number of hydrogen-bond donors (Lipinski definition) is 1. The maximum Gasteiger partial charge on any atom is 0.229 e. The van der Waals surface area contributed by atoms with Crippen molar-refractivity contribution in [3.8, 4) is 0 Å². The van der Waals surface area contributed by atoms with Crippen molar-refractivity contribution in [3.63, 3.8) is 0 Å². The van der Waals surface area contributed by atoms with E-state index in [0.717, 1.165) is 30.8 Å². The van der Waals surface area contributed by atoms with Crippen LogP contribution in [0.1, 0.15) is 36.9 Å². The number of rotatable bonds is 3. The Balaban J connectivity index is 0.00000161. The summed E-state index contributed by atoms with van der Waals surface area (Å²) in [6.07, 6.45) is 4.58. The average Bonchev–Trinajstić information content (AvgIpc) is 2.90. The number of halogens is 2. The van der Waals surface area contributed by atoms with Gasteiger partial charge in [-0.05, 0) is 44.2 Å². The molecule has 2 atom stereocenters. The van der Waals surface area contributed by atoms with Gasteiger partial charge >= 0.3 is 0 Å². The number of amides is 1. The highest BCUT2D eigenvalue weighted by atomic mass is 35.5. The van der Waals surface area contributed by atoms with Gasteiger partial charge in [0.05, 0.1) is 5.69 Å². The zero-order chi connectivity index (χ0) is 14.1. The van der Waals surface area contributed by atoms with Crippen LogP contribution in [-0.4, -0.2) is 41.1 Å². The largest absolute Gasteiger partial charge is 0.344 e. The van der Waals surface area contributed by atoms with E-state index in [-0.39, 0.29) is 18.3 Å². The lowest BCUT2D eigenvalue weighted by Crippen LogP contribution is -2.39. The van der Waals surface area contributed by atoms with Gasteiger partial charge in [0, 0.05) is 37.2 Å². The van der Waals surface area contributed by atoms with E-state index >= 15 is 0 Å². The summed E-state index contributed by atoms with van der Waals surface area (Å²) in [6, 6.07) is 1.08. The molecule has 0 radical (unpaired) electrons. The standard InChI is InChI=1S/C14H20ClN3O2.ClH/c1-9-12(14(15)20-17-9)4-5-13(19)18-7-6-10-2-3-11(8-18)16-10;/h10-11,16H,2-8H2,1H3;1H. The third-order valence-electron chi connectivity index (χ3n) is 4.40. The van der Waals surface area contributed by atoms with Gasteiger partial charge in [-0.1, -0.05) is 5.16 Å². The van der Waals surface area contributed by atoms with Gasteiger partial charge in [-0.25, -0.2) is 0 Å². The smallest absolute Gasteiger partial charge is 0.229 e. The number of nitrogens with one attached hydrogen (secondary N) is 1. The molecule has 0 aliphatic carbocycles. The number of fused-ring (bicyclic) bond motifs is 2.